The molecule has 0 bridgehead atoms. The van der Waals surface area contributed by atoms with Gasteiger partial charge in [0.1, 0.15) is 0 Å². The van der Waals surface area contributed by atoms with Gasteiger partial charge in [-0.15, -0.1) is 0 Å². The van der Waals surface area contributed by atoms with E-state index >= 15 is 0 Å². The normalized spacial score (nSPS) is 10.3. The van der Waals surface area contributed by atoms with E-state index < -0.39 is 0 Å². The zero-order valence-corrected chi connectivity index (χ0v) is 12.9. The zero-order chi connectivity index (χ0) is 14.5. The van der Waals surface area contributed by atoms with E-state index in [1.54, 1.807) is 18.2 Å². The third-order valence-electron chi connectivity index (χ3n) is 3.15. The summed E-state index contributed by atoms with van der Waals surface area (Å²) in [5.41, 5.74) is 9.50. The molecular weight excluding hydrogens is 316 g/mol. The monoisotopic (exact) mass is 332 g/mol. The number of nitrogens with one attached hydrogen (secondary N) is 1. The minimum absolute atomic E-state index is 0.00118. The summed E-state index contributed by atoms with van der Waals surface area (Å²) in [6.45, 7) is 2.06. The molecule has 4 heteroatoms. The second kappa shape index (κ2) is 6.57. The number of anilines is 2. The van der Waals surface area contributed by atoms with Gasteiger partial charge in [0.2, 0.25) is 5.91 Å². The Morgan fingerprint density at radius 1 is 1.25 bits per heavy atom. The lowest BCUT2D eigenvalue weighted by Crippen LogP contribution is -2.13. The van der Waals surface area contributed by atoms with E-state index in [1.165, 1.54) is 11.1 Å². The van der Waals surface area contributed by atoms with Crippen molar-refractivity contribution in [2.24, 2.45) is 0 Å². The van der Waals surface area contributed by atoms with Gasteiger partial charge in [-0.1, -0.05) is 24.3 Å². The molecule has 3 nitrogen and oxygen atoms in total. The number of halogens is 1. The van der Waals surface area contributed by atoms with Crippen LogP contribution in [0.25, 0.3) is 0 Å². The van der Waals surface area contributed by atoms with Gasteiger partial charge in [-0.25, -0.2) is 0 Å². The second-order valence-corrected chi connectivity index (χ2v) is 5.57. The number of nitrogen functional groups attached to an aromatic ring is 1. The van der Waals surface area contributed by atoms with Gasteiger partial charge >= 0.3 is 0 Å². The first-order valence-corrected chi connectivity index (χ1v) is 7.25. The molecule has 3 N–H and O–H groups in total. The van der Waals surface area contributed by atoms with E-state index in [4.69, 9.17) is 5.73 Å². The van der Waals surface area contributed by atoms with E-state index in [2.05, 4.69) is 40.3 Å². The number of amides is 1. The second-order valence-electron chi connectivity index (χ2n) is 4.71. The first-order valence-electron chi connectivity index (χ1n) is 6.45. The molecular formula is C16H17BrN2O. The number of aryl methyl sites for hydroxylation is 2. The van der Waals surface area contributed by atoms with Crippen LogP contribution in [-0.4, -0.2) is 5.91 Å². The Balaban J connectivity index is 1.94. The number of benzene rings is 2. The first kappa shape index (κ1) is 14.6. The third-order valence-corrected chi connectivity index (χ3v) is 3.81. The average molecular weight is 333 g/mol. The maximum Gasteiger partial charge on any atom is 0.224 e. The van der Waals surface area contributed by atoms with Crippen molar-refractivity contribution in [2.75, 3.05) is 11.1 Å². The predicted octanol–water partition coefficient (Wildman–Crippen LogP) is 3.91. The minimum atomic E-state index is -0.00118. The lowest BCUT2D eigenvalue weighted by atomic mass is 10.0. The molecule has 2 rings (SSSR count). The standard InChI is InChI=1S/C16H17BrN2O/c1-11-4-2-3-5-12(11)6-9-16(20)19-15-8-7-13(18)10-14(15)17/h2-5,7-8,10H,6,9,18H2,1H3,(H,19,20). The smallest absolute Gasteiger partial charge is 0.224 e. The van der Waals surface area contributed by atoms with Crippen molar-refractivity contribution in [1.82, 2.24) is 0 Å². The molecule has 0 aliphatic rings. The number of carbonyl (C=O) groups excluding carboxylic acids is 1. The van der Waals surface area contributed by atoms with Crippen LogP contribution in [0.1, 0.15) is 17.5 Å². The van der Waals surface area contributed by atoms with Crippen molar-refractivity contribution in [1.29, 1.82) is 0 Å². The molecule has 0 aliphatic heterocycles. The van der Waals surface area contributed by atoms with E-state index in [1.807, 2.05) is 12.1 Å². The van der Waals surface area contributed by atoms with Gasteiger partial charge in [-0.3, -0.25) is 4.79 Å². The highest BCUT2D eigenvalue weighted by Crippen LogP contribution is 2.24. The molecule has 0 heterocycles. The SMILES string of the molecule is Cc1ccccc1CCC(=O)Nc1ccc(N)cc1Br. The summed E-state index contributed by atoms with van der Waals surface area (Å²) >= 11 is 3.39. The van der Waals surface area contributed by atoms with Crippen LogP contribution >= 0.6 is 15.9 Å². The molecule has 0 saturated carbocycles. The molecule has 0 saturated heterocycles. The molecule has 0 unspecified atom stereocenters. The Labute approximate surface area is 127 Å². The number of nitrogens with two attached hydrogens (primary N) is 1. The van der Waals surface area contributed by atoms with E-state index in [-0.39, 0.29) is 5.91 Å². The Hall–Kier alpha value is -1.81. The fourth-order valence-corrected chi connectivity index (χ4v) is 2.48. The van der Waals surface area contributed by atoms with Crippen molar-refractivity contribution >= 4 is 33.2 Å². The number of hydrogen-bond acceptors (Lipinski definition) is 2. The molecule has 1 amide bonds. The quantitative estimate of drug-likeness (QED) is 0.834. The molecule has 104 valence electrons. The number of carbonyl (C=O) groups is 1. The van der Waals surface area contributed by atoms with Crippen molar-refractivity contribution in [3.8, 4) is 0 Å². The molecule has 0 radical (unpaired) electrons. The van der Waals surface area contributed by atoms with Crippen LogP contribution in [0.3, 0.4) is 0 Å². The minimum Gasteiger partial charge on any atom is -0.399 e. The lowest BCUT2D eigenvalue weighted by Gasteiger charge is -2.09. The topological polar surface area (TPSA) is 55.1 Å². The maximum atomic E-state index is 12.0. The van der Waals surface area contributed by atoms with Gasteiger partial charge in [-0.2, -0.15) is 0 Å². The summed E-state index contributed by atoms with van der Waals surface area (Å²) in [5.74, 6) is -0.00118. The average Bonchev–Trinajstić information content (AvgIpc) is 2.41. The summed E-state index contributed by atoms with van der Waals surface area (Å²) in [6, 6.07) is 13.5. The first-order chi connectivity index (χ1) is 9.56. The van der Waals surface area contributed by atoms with E-state index in [9.17, 15) is 4.79 Å². The molecule has 20 heavy (non-hydrogen) atoms. The van der Waals surface area contributed by atoms with Gasteiger partial charge < -0.3 is 11.1 Å². The van der Waals surface area contributed by atoms with Crippen molar-refractivity contribution < 1.29 is 4.79 Å². The Morgan fingerprint density at radius 3 is 2.70 bits per heavy atom. The van der Waals surface area contributed by atoms with Gasteiger partial charge in [0.05, 0.1) is 5.69 Å². The van der Waals surface area contributed by atoms with E-state index in [0.717, 1.165) is 16.6 Å². The van der Waals surface area contributed by atoms with Crippen molar-refractivity contribution in [2.45, 2.75) is 19.8 Å². The number of hydrogen-bond donors (Lipinski definition) is 2. The van der Waals surface area contributed by atoms with Gasteiger partial charge in [0.15, 0.2) is 0 Å². The highest BCUT2D eigenvalue weighted by atomic mass is 79.9. The molecule has 0 aliphatic carbocycles. The largest absolute Gasteiger partial charge is 0.399 e. The van der Waals surface area contributed by atoms with Gasteiger partial charge in [0, 0.05) is 16.6 Å². The summed E-state index contributed by atoms with van der Waals surface area (Å²) < 4.78 is 0.793. The fourth-order valence-electron chi connectivity index (χ4n) is 1.98. The summed E-state index contributed by atoms with van der Waals surface area (Å²) in [4.78, 5) is 12.0. The lowest BCUT2D eigenvalue weighted by molar-refractivity contribution is -0.116. The van der Waals surface area contributed by atoms with Crippen LogP contribution < -0.4 is 11.1 Å². The van der Waals surface area contributed by atoms with Crippen LogP contribution in [0.5, 0.6) is 0 Å². The van der Waals surface area contributed by atoms with Gasteiger partial charge in [-0.05, 0) is 58.6 Å². The molecule has 0 fully saturated rings. The fraction of sp³-hybridized carbons (Fsp3) is 0.188. The van der Waals surface area contributed by atoms with Crippen LogP contribution in [0.4, 0.5) is 11.4 Å². The van der Waals surface area contributed by atoms with Crippen LogP contribution in [0.2, 0.25) is 0 Å². The third kappa shape index (κ3) is 3.84. The molecule has 0 spiro atoms. The molecule has 0 aromatic heterocycles. The van der Waals surface area contributed by atoms with Gasteiger partial charge in [0.25, 0.3) is 0 Å². The summed E-state index contributed by atoms with van der Waals surface area (Å²) in [7, 11) is 0. The van der Waals surface area contributed by atoms with Crippen LogP contribution in [0, 0.1) is 6.92 Å². The van der Waals surface area contributed by atoms with Crippen molar-refractivity contribution in [3.05, 3.63) is 58.1 Å². The number of rotatable bonds is 4. The zero-order valence-electron chi connectivity index (χ0n) is 11.3. The summed E-state index contributed by atoms with van der Waals surface area (Å²) in [5, 5.41) is 2.89. The molecule has 0 atom stereocenters. The van der Waals surface area contributed by atoms with Crippen LogP contribution in [-0.2, 0) is 11.2 Å². The van der Waals surface area contributed by atoms with Crippen molar-refractivity contribution in [3.63, 3.8) is 0 Å². The summed E-state index contributed by atoms with van der Waals surface area (Å²) in [6.07, 6.45) is 1.20. The highest BCUT2D eigenvalue weighted by molar-refractivity contribution is 9.10. The molecule has 2 aromatic carbocycles. The predicted molar refractivity (Wildman–Crippen MR) is 86.7 cm³/mol. The van der Waals surface area contributed by atoms with E-state index in [0.29, 0.717) is 12.1 Å². The maximum absolute atomic E-state index is 12.0. The Kier molecular flexibility index (Phi) is 4.79. The van der Waals surface area contributed by atoms with Crippen LogP contribution in [0.15, 0.2) is 46.9 Å². The Bertz CT molecular complexity index is 626. The highest BCUT2D eigenvalue weighted by Gasteiger charge is 2.07. The molecule has 2 aromatic rings. The Morgan fingerprint density at radius 2 is 2.00 bits per heavy atom.